The van der Waals surface area contributed by atoms with Crippen molar-refractivity contribution in [1.29, 1.82) is 0 Å². The molecule has 0 bridgehead atoms. The molecule has 0 spiro atoms. The van der Waals surface area contributed by atoms with E-state index in [1.807, 2.05) is 31.2 Å². The Balaban J connectivity index is 1.47. The Morgan fingerprint density at radius 1 is 1.16 bits per heavy atom. The Morgan fingerprint density at radius 3 is 2.81 bits per heavy atom. The monoisotopic (exact) mass is 421 g/mol. The Kier molecular flexibility index (Phi) is 5.88. The van der Waals surface area contributed by atoms with E-state index < -0.39 is 0 Å². The summed E-state index contributed by atoms with van der Waals surface area (Å²) >= 11 is 0. The Labute approximate surface area is 179 Å². The van der Waals surface area contributed by atoms with Crippen LogP contribution in [-0.2, 0) is 22.7 Å². The SMILES string of the molecule is COc1cccc2c1Oc1ncccc1N(C(=O)CCC(=O)NCc1ccc(C)o1)C2. The maximum absolute atomic E-state index is 13.1. The van der Waals surface area contributed by atoms with Gasteiger partial charge in [-0.3, -0.25) is 9.59 Å². The van der Waals surface area contributed by atoms with Crippen molar-refractivity contribution in [3.8, 4) is 17.4 Å². The number of benzene rings is 1. The van der Waals surface area contributed by atoms with E-state index in [0.29, 0.717) is 35.4 Å². The van der Waals surface area contributed by atoms with Crippen molar-refractivity contribution in [3.05, 3.63) is 65.7 Å². The first-order valence-electron chi connectivity index (χ1n) is 9.96. The number of pyridine rings is 1. The van der Waals surface area contributed by atoms with Crippen molar-refractivity contribution in [2.75, 3.05) is 12.0 Å². The number of rotatable bonds is 6. The smallest absolute Gasteiger partial charge is 0.243 e. The lowest BCUT2D eigenvalue weighted by Crippen LogP contribution is -2.31. The number of aromatic nitrogens is 1. The highest BCUT2D eigenvalue weighted by molar-refractivity contribution is 5.96. The molecule has 0 fully saturated rings. The highest BCUT2D eigenvalue weighted by Gasteiger charge is 2.28. The Bertz CT molecular complexity index is 1110. The van der Waals surface area contributed by atoms with Crippen LogP contribution in [0.25, 0.3) is 0 Å². The lowest BCUT2D eigenvalue weighted by Gasteiger charge is -2.21. The molecule has 1 aromatic carbocycles. The first-order valence-corrected chi connectivity index (χ1v) is 9.96. The molecule has 0 saturated carbocycles. The topological polar surface area (TPSA) is 93.9 Å². The first kappa shape index (κ1) is 20.5. The largest absolute Gasteiger partial charge is 0.493 e. The summed E-state index contributed by atoms with van der Waals surface area (Å²) in [5.41, 5.74) is 1.35. The second-order valence-electron chi connectivity index (χ2n) is 7.15. The number of para-hydroxylation sites is 1. The summed E-state index contributed by atoms with van der Waals surface area (Å²) in [6.45, 7) is 2.42. The molecule has 0 atom stereocenters. The predicted octanol–water partition coefficient (Wildman–Crippen LogP) is 3.73. The number of methoxy groups -OCH3 is 1. The van der Waals surface area contributed by atoms with Gasteiger partial charge in [0.2, 0.25) is 17.7 Å². The third-order valence-electron chi connectivity index (χ3n) is 4.97. The number of carbonyl (C=O) groups is 2. The minimum atomic E-state index is -0.220. The number of anilines is 1. The van der Waals surface area contributed by atoms with Crippen LogP contribution < -0.4 is 19.7 Å². The number of ether oxygens (including phenoxy) is 2. The maximum Gasteiger partial charge on any atom is 0.243 e. The van der Waals surface area contributed by atoms with Crippen LogP contribution in [0.4, 0.5) is 5.69 Å². The van der Waals surface area contributed by atoms with Crippen LogP contribution in [0.2, 0.25) is 0 Å². The molecule has 2 amide bonds. The zero-order chi connectivity index (χ0) is 21.8. The zero-order valence-corrected chi connectivity index (χ0v) is 17.4. The molecule has 8 nitrogen and oxygen atoms in total. The molecule has 3 heterocycles. The average molecular weight is 421 g/mol. The fraction of sp³-hybridized carbons (Fsp3) is 0.261. The van der Waals surface area contributed by atoms with Gasteiger partial charge in [-0.15, -0.1) is 0 Å². The molecule has 0 saturated heterocycles. The highest BCUT2D eigenvalue weighted by Crippen LogP contribution is 2.42. The Morgan fingerprint density at radius 2 is 2.03 bits per heavy atom. The van der Waals surface area contributed by atoms with Crippen LogP contribution in [0.5, 0.6) is 17.4 Å². The van der Waals surface area contributed by atoms with Gasteiger partial charge in [0.05, 0.1) is 20.2 Å². The van der Waals surface area contributed by atoms with Crippen molar-refractivity contribution < 1.29 is 23.5 Å². The summed E-state index contributed by atoms with van der Waals surface area (Å²) in [6.07, 6.45) is 1.72. The third-order valence-corrected chi connectivity index (χ3v) is 4.97. The summed E-state index contributed by atoms with van der Waals surface area (Å²) in [5, 5.41) is 2.78. The zero-order valence-electron chi connectivity index (χ0n) is 17.4. The molecular weight excluding hydrogens is 398 g/mol. The van der Waals surface area contributed by atoms with Gasteiger partial charge in [-0.25, -0.2) is 4.98 Å². The summed E-state index contributed by atoms with van der Waals surface area (Å²) in [6, 6.07) is 12.7. The second-order valence-corrected chi connectivity index (χ2v) is 7.15. The molecule has 2 aromatic heterocycles. The van der Waals surface area contributed by atoms with Gasteiger partial charge >= 0.3 is 0 Å². The van der Waals surface area contributed by atoms with E-state index in [9.17, 15) is 9.59 Å². The van der Waals surface area contributed by atoms with Gasteiger partial charge in [-0.05, 0) is 37.3 Å². The molecule has 0 aliphatic carbocycles. The number of hydrogen-bond donors (Lipinski definition) is 1. The van der Waals surface area contributed by atoms with Crippen LogP contribution in [0.1, 0.15) is 29.9 Å². The Hall–Kier alpha value is -3.81. The van der Waals surface area contributed by atoms with E-state index in [1.165, 1.54) is 0 Å². The van der Waals surface area contributed by atoms with E-state index in [1.54, 1.807) is 36.4 Å². The number of nitrogens with one attached hydrogen (secondary N) is 1. The van der Waals surface area contributed by atoms with Gasteiger partial charge in [0.15, 0.2) is 11.5 Å². The summed E-state index contributed by atoms with van der Waals surface area (Å²) in [5.74, 6) is 2.46. The number of fused-ring (bicyclic) bond motifs is 2. The van der Waals surface area contributed by atoms with Crippen LogP contribution in [0.3, 0.4) is 0 Å². The number of carbonyl (C=O) groups excluding carboxylic acids is 2. The lowest BCUT2D eigenvalue weighted by atomic mass is 10.1. The molecule has 4 rings (SSSR count). The van der Waals surface area contributed by atoms with Gasteiger partial charge < -0.3 is 24.1 Å². The average Bonchev–Trinajstić information content (AvgIpc) is 3.12. The minimum Gasteiger partial charge on any atom is -0.493 e. The predicted molar refractivity (Wildman–Crippen MR) is 113 cm³/mol. The van der Waals surface area contributed by atoms with Crippen LogP contribution in [0, 0.1) is 6.92 Å². The van der Waals surface area contributed by atoms with E-state index in [2.05, 4.69) is 10.3 Å². The number of aryl methyl sites for hydroxylation is 1. The molecule has 1 N–H and O–H groups in total. The molecule has 3 aromatic rings. The maximum atomic E-state index is 13.1. The fourth-order valence-electron chi connectivity index (χ4n) is 3.41. The van der Waals surface area contributed by atoms with Crippen LogP contribution in [-0.4, -0.2) is 23.9 Å². The van der Waals surface area contributed by atoms with Gasteiger partial charge in [-0.2, -0.15) is 0 Å². The number of furan rings is 1. The van der Waals surface area contributed by atoms with Crippen LogP contribution >= 0.6 is 0 Å². The molecule has 1 aliphatic rings. The summed E-state index contributed by atoms with van der Waals surface area (Å²) < 4.78 is 16.8. The summed E-state index contributed by atoms with van der Waals surface area (Å²) in [4.78, 5) is 31.2. The fourth-order valence-corrected chi connectivity index (χ4v) is 3.41. The van der Waals surface area contributed by atoms with Crippen molar-refractivity contribution in [3.63, 3.8) is 0 Å². The molecule has 0 radical (unpaired) electrons. The highest BCUT2D eigenvalue weighted by atomic mass is 16.5. The van der Waals surface area contributed by atoms with Gasteiger partial charge in [0.25, 0.3) is 0 Å². The molecule has 1 aliphatic heterocycles. The number of hydrogen-bond acceptors (Lipinski definition) is 6. The van der Waals surface area contributed by atoms with E-state index in [-0.39, 0.29) is 31.2 Å². The van der Waals surface area contributed by atoms with E-state index in [4.69, 9.17) is 13.9 Å². The van der Waals surface area contributed by atoms with E-state index in [0.717, 1.165) is 11.3 Å². The molecule has 8 heteroatoms. The quantitative estimate of drug-likeness (QED) is 0.652. The second kappa shape index (κ2) is 8.91. The van der Waals surface area contributed by atoms with Crippen molar-refractivity contribution in [2.24, 2.45) is 0 Å². The van der Waals surface area contributed by atoms with Gasteiger partial charge in [0, 0.05) is 24.6 Å². The lowest BCUT2D eigenvalue weighted by molar-refractivity contribution is -0.125. The molecule has 160 valence electrons. The van der Waals surface area contributed by atoms with E-state index >= 15 is 0 Å². The summed E-state index contributed by atoms with van der Waals surface area (Å²) in [7, 11) is 1.56. The normalized spacial score (nSPS) is 12.3. The van der Waals surface area contributed by atoms with Crippen LogP contribution in [0.15, 0.2) is 53.1 Å². The molecule has 31 heavy (non-hydrogen) atoms. The standard InChI is InChI=1S/C23H23N3O5/c1-15-8-9-17(30-15)13-25-20(27)10-11-21(28)26-14-16-5-3-7-19(29-2)22(16)31-23-18(26)6-4-12-24-23/h3-9,12H,10-11,13-14H2,1-2H3,(H,25,27). The third kappa shape index (κ3) is 4.53. The molecule has 0 unspecified atom stereocenters. The van der Waals surface area contributed by atoms with Crippen molar-refractivity contribution in [2.45, 2.75) is 32.9 Å². The van der Waals surface area contributed by atoms with Gasteiger partial charge in [-0.1, -0.05) is 12.1 Å². The van der Waals surface area contributed by atoms with Crippen molar-refractivity contribution in [1.82, 2.24) is 10.3 Å². The first-order chi connectivity index (χ1) is 15.0. The number of nitrogens with zero attached hydrogens (tertiary/aromatic N) is 2. The minimum absolute atomic E-state index is 0.0522. The van der Waals surface area contributed by atoms with Gasteiger partial charge in [0.1, 0.15) is 17.2 Å². The number of amides is 2. The molecular formula is C23H23N3O5. The van der Waals surface area contributed by atoms with Crippen molar-refractivity contribution >= 4 is 17.5 Å².